The molecule has 1 aromatic rings. The number of rotatable bonds is 2. The number of nitrogens with one attached hydrogen (secondary N) is 1. The first-order chi connectivity index (χ1) is 6.79. The van der Waals surface area contributed by atoms with Crippen LogP contribution in [0.4, 0.5) is 0 Å². The third-order valence-corrected chi connectivity index (χ3v) is 3.35. The minimum atomic E-state index is -0.255. The molecule has 2 rings (SSSR count). The van der Waals surface area contributed by atoms with E-state index < -0.39 is 0 Å². The van der Waals surface area contributed by atoms with Gasteiger partial charge in [0.25, 0.3) is 0 Å². The van der Waals surface area contributed by atoms with Gasteiger partial charge in [0.2, 0.25) is 0 Å². The Hall–Kier alpha value is -0.860. The van der Waals surface area contributed by atoms with Gasteiger partial charge in [0.15, 0.2) is 0 Å². The molecule has 0 saturated heterocycles. The van der Waals surface area contributed by atoms with Gasteiger partial charge >= 0.3 is 0 Å². The average molecular weight is 191 g/mol. The SMILES string of the molecule is CN[C@]1(c2ccccc2)CCCC1O. The van der Waals surface area contributed by atoms with Gasteiger partial charge in [-0.3, -0.25) is 0 Å². The second-order valence-electron chi connectivity index (χ2n) is 4.00. The maximum Gasteiger partial charge on any atom is 0.0763 e. The zero-order chi connectivity index (χ0) is 10.0. The number of hydrogen-bond acceptors (Lipinski definition) is 2. The van der Waals surface area contributed by atoms with Crippen molar-refractivity contribution in [3.63, 3.8) is 0 Å². The van der Waals surface area contributed by atoms with Crippen molar-refractivity contribution in [2.75, 3.05) is 7.05 Å². The molecular formula is C12H17NO. The Morgan fingerprint density at radius 3 is 2.57 bits per heavy atom. The second kappa shape index (κ2) is 3.71. The lowest BCUT2D eigenvalue weighted by Gasteiger charge is -2.33. The van der Waals surface area contributed by atoms with Crippen LogP contribution >= 0.6 is 0 Å². The van der Waals surface area contributed by atoms with Gasteiger partial charge in [0, 0.05) is 0 Å². The van der Waals surface area contributed by atoms with E-state index in [1.54, 1.807) is 0 Å². The Bertz CT molecular complexity index is 298. The summed E-state index contributed by atoms with van der Waals surface area (Å²) in [5.74, 6) is 0. The highest BCUT2D eigenvalue weighted by Gasteiger charge is 2.41. The number of aliphatic hydroxyl groups is 1. The summed E-state index contributed by atoms with van der Waals surface area (Å²) >= 11 is 0. The van der Waals surface area contributed by atoms with Crippen molar-refractivity contribution in [2.45, 2.75) is 30.9 Å². The van der Waals surface area contributed by atoms with Crippen LogP contribution in [0.1, 0.15) is 24.8 Å². The van der Waals surface area contributed by atoms with E-state index in [9.17, 15) is 5.11 Å². The van der Waals surface area contributed by atoms with Gasteiger partial charge < -0.3 is 10.4 Å². The molecule has 2 heteroatoms. The van der Waals surface area contributed by atoms with Gasteiger partial charge in [-0.1, -0.05) is 30.3 Å². The van der Waals surface area contributed by atoms with Gasteiger partial charge in [-0.05, 0) is 31.9 Å². The summed E-state index contributed by atoms with van der Waals surface area (Å²) < 4.78 is 0. The van der Waals surface area contributed by atoms with Gasteiger partial charge in [0.05, 0.1) is 11.6 Å². The molecule has 2 N–H and O–H groups in total. The van der Waals surface area contributed by atoms with Gasteiger partial charge in [-0.25, -0.2) is 0 Å². The Balaban J connectivity index is 2.38. The van der Waals surface area contributed by atoms with Crippen LogP contribution in [-0.2, 0) is 5.54 Å². The fraction of sp³-hybridized carbons (Fsp3) is 0.500. The molecule has 0 heterocycles. The molecule has 76 valence electrons. The lowest BCUT2D eigenvalue weighted by atomic mass is 9.86. The van der Waals surface area contributed by atoms with Gasteiger partial charge in [-0.2, -0.15) is 0 Å². The summed E-state index contributed by atoms with van der Waals surface area (Å²) in [5.41, 5.74) is 0.994. The van der Waals surface area contributed by atoms with E-state index in [1.807, 2.05) is 25.2 Å². The largest absolute Gasteiger partial charge is 0.391 e. The van der Waals surface area contributed by atoms with Crippen molar-refractivity contribution >= 4 is 0 Å². The highest BCUT2D eigenvalue weighted by molar-refractivity contribution is 5.27. The molecule has 1 unspecified atom stereocenters. The van der Waals surface area contributed by atoms with Crippen LogP contribution in [0.15, 0.2) is 30.3 Å². The van der Waals surface area contributed by atoms with Crippen molar-refractivity contribution in [1.82, 2.24) is 5.32 Å². The molecule has 1 aliphatic carbocycles. The molecule has 1 aromatic carbocycles. The third kappa shape index (κ3) is 1.35. The van der Waals surface area contributed by atoms with Crippen LogP contribution in [0, 0.1) is 0 Å². The van der Waals surface area contributed by atoms with E-state index in [4.69, 9.17) is 0 Å². The van der Waals surface area contributed by atoms with Gasteiger partial charge in [-0.15, -0.1) is 0 Å². The summed E-state index contributed by atoms with van der Waals surface area (Å²) in [6, 6.07) is 10.2. The molecule has 0 spiro atoms. The van der Waals surface area contributed by atoms with Crippen molar-refractivity contribution < 1.29 is 5.11 Å². The van der Waals surface area contributed by atoms with E-state index in [0.717, 1.165) is 19.3 Å². The van der Waals surface area contributed by atoms with E-state index >= 15 is 0 Å². The summed E-state index contributed by atoms with van der Waals surface area (Å²) in [5, 5.41) is 13.3. The smallest absolute Gasteiger partial charge is 0.0763 e. The maximum atomic E-state index is 10.0. The van der Waals surface area contributed by atoms with Crippen LogP contribution in [0.5, 0.6) is 0 Å². The fourth-order valence-electron chi connectivity index (χ4n) is 2.50. The van der Waals surface area contributed by atoms with Crippen LogP contribution in [0.3, 0.4) is 0 Å². The highest BCUT2D eigenvalue weighted by Crippen LogP contribution is 2.38. The molecule has 1 fully saturated rings. The fourth-order valence-corrected chi connectivity index (χ4v) is 2.50. The minimum absolute atomic E-state index is 0.207. The number of benzene rings is 1. The van der Waals surface area contributed by atoms with E-state index in [1.165, 1.54) is 5.56 Å². The monoisotopic (exact) mass is 191 g/mol. The molecule has 2 nitrogen and oxygen atoms in total. The van der Waals surface area contributed by atoms with Crippen LogP contribution in [0.2, 0.25) is 0 Å². The molecule has 0 amide bonds. The normalized spacial score (nSPS) is 32.0. The quantitative estimate of drug-likeness (QED) is 0.745. The summed E-state index contributed by atoms with van der Waals surface area (Å²) in [4.78, 5) is 0. The zero-order valence-corrected chi connectivity index (χ0v) is 8.53. The lowest BCUT2D eigenvalue weighted by Crippen LogP contribution is -2.46. The Morgan fingerprint density at radius 2 is 2.07 bits per heavy atom. The summed E-state index contributed by atoms with van der Waals surface area (Å²) in [6.07, 6.45) is 2.76. The van der Waals surface area contributed by atoms with E-state index in [0.29, 0.717) is 0 Å². The van der Waals surface area contributed by atoms with Crippen molar-refractivity contribution in [2.24, 2.45) is 0 Å². The molecule has 1 saturated carbocycles. The number of hydrogen-bond donors (Lipinski definition) is 2. The average Bonchev–Trinajstić information content (AvgIpc) is 2.62. The zero-order valence-electron chi connectivity index (χ0n) is 8.53. The van der Waals surface area contributed by atoms with Crippen LogP contribution in [-0.4, -0.2) is 18.3 Å². The van der Waals surface area contributed by atoms with E-state index in [-0.39, 0.29) is 11.6 Å². The molecule has 0 aliphatic heterocycles. The third-order valence-electron chi connectivity index (χ3n) is 3.35. The first kappa shape index (κ1) is 9.69. The maximum absolute atomic E-state index is 10.0. The Labute approximate surface area is 85.0 Å². The topological polar surface area (TPSA) is 32.3 Å². The predicted molar refractivity (Wildman–Crippen MR) is 57.0 cm³/mol. The standard InChI is InChI=1S/C12H17NO/c1-13-12(9-5-8-11(12)14)10-6-3-2-4-7-10/h2-4,6-7,11,13-14H,5,8-9H2,1H3/t11?,12-/m0/s1. The lowest BCUT2D eigenvalue weighted by molar-refractivity contribution is 0.0891. The number of likely N-dealkylation sites (N-methyl/N-ethyl adjacent to an activating group) is 1. The van der Waals surface area contributed by atoms with Crippen LogP contribution < -0.4 is 5.32 Å². The van der Waals surface area contributed by atoms with Crippen LogP contribution in [0.25, 0.3) is 0 Å². The van der Waals surface area contributed by atoms with Crippen molar-refractivity contribution in [3.05, 3.63) is 35.9 Å². The van der Waals surface area contributed by atoms with Crippen molar-refractivity contribution in [1.29, 1.82) is 0 Å². The minimum Gasteiger partial charge on any atom is -0.391 e. The Kier molecular flexibility index (Phi) is 2.57. The Morgan fingerprint density at radius 1 is 1.36 bits per heavy atom. The van der Waals surface area contributed by atoms with Gasteiger partial charge in [0.1, 0.15) is 0 Å². The molecular weight excluding hydrogens is 174 g/mol. The van der Waals surface area contributed by atoms with E-state index in [2.05, 4.69) is 17.4 Å². The first-order valence-corrected chi connectivity index (χ1v) is 5.22. The predicted octanol–water partition coefficient (Wildman–Crippen LogP) is 1.65. The van der Waals surface area contributed by atoms with Crippen molar-refractivity contribution in [3.8, 4) is 0 Å². The molecule has 0 bridgehead atoms. The molecule has 1 aliphatic rings. The molecule has 0 aromatic heterocycles. The second-order valence-corrected chi connectivity index (χ2v) is 4.00. The summed E-state index contributed by atoms with van der Waals surface area (Å²) in [7, 11) is 1.93. The summed E-state index contributed by atoms with van der Waals surface area (Å²) in [6.45, 7) is 0. The molecule has 2 atom stereocenters. The highest BCUT2D eigenvalue weighted by atomic mass is 16.3. The molecule has 14 heavy (non-hydrogen) atoms. The molecule has 0 radical (unpaired) electrons. The number of aliphatic hydroxyl groups excluding tert-OH is 1. The first-order valence-electron chi connectivity index (χ1n) is 5.22.